The molecule has 3 aromatic rings. The van der Waals surface area contributed by atoms with Gasteiger partial charge in [0.15, 0.2) is 5.13 Å². The van der Waals surface area contributed by atoms with Crippen molar-refractivity contribution in [3.05, 3.63) is 60.0 Å². The number of aromatic nitrogens is 1. The topological polar surface area (TPSA) is 74.7 Å². The van der Waals surface area contributed by atoms with Crippen molar-refractivity contribution >= 4 is 34.0 Å². The van der Waals surface area contributed by atoms with Crippen LogP contribution >= 0.6 is 11.3 Å². The molecule has 2 amide bonds. The number of carbonyl (C=O) groups excluding carboxylic acids is 2. The van der Waals surface area contributed by atoms with Crippen molar-refractivity contribution in [3.63, 3.8) is 0 Å². The van der Waals surface area contributed by atoms with Gasteiger partial charge in [-0.25, -0.2) is 9.99 Å². The minimum atomic E-state index is -0.320. The van der Waals surface area contributed by atoms with Gasteiger partial charge in [0.25, 0.3) is 5.91 Å². The molecule has 0 atom stereocenters. The number of carbonyl (C=O) groups is 2. The van der Waals surface area contributed by atoms with E-state index in [0.29, 0.717) is 23.7 Å². The summed E-state index contributed by atoms with van der Waals surface area (Å²) in [4.78, 5) is 28.3. The number of rotatable bonds is 4. The van der Waals surface area contributed by atoms with Gasteiger partial charge in [0.05, 0.1) is 5.69 Å². The van der Waals surface area contributed by atoms with Crippen LogP contribution in [0.15, 0.2) is 65.1 Å². The van der Waals surface area contributed by atoms with Gasteiger partial charge in [-0.2, -0.15) is 5.10 Å². The summed E-state index contributed by atoms with van der Waals surface area (Å²) in [7, 11) is 1.55. The Bertz CT molecular complexity index is 1040. The van der Waals surface area contributed by atoms with E-state index in [1.165, 1.54) is 16.3 Å². The van der Waals surface area contributed by atoms with Gasteiger partial charge in [-0.3, -0.25) is 14.9 Å². The second kappa shape index (κ2) is 7.74. The zero-order chi connectivity index (χ0) is 19.5. The van der Waals surface area contributed by atoms with Crippen molar-refractivity contribution in [2.45, 2.75) is 12.8 Å². The predicted octanol–water partition coefficient (Wildman–Crippen LogP) is 4.02. The molecule has 0 spiro atoms. The van der Waals surface area contributed by atoms with E-state index in [2.05, 4.69) is 39.7 Å². The lowest BCUT2D eigenvalue weighted by molar-refractivity contribution is -0.130. The first-order valence-electron chi connectivity index (χ1n) is 8.87. The van der Waals surface area contributed by atoms with Crippen LogP contribution in [0.3, 0.4) is 0 Å². The van der Waals surface area contributed by atoms with Gasteiger partial charge >= 0.3 is 0 Å². The summed E-state index contributed by atoms with van der Waals surface area (Å²) in [5, 5.41) is 10.4. The van der Waals surface area contributed by atoms with Crippen molar-refractivity contribution in [2.75, 3.05) is 12.4 Å². The molecular formula is C21H18N4O2S. The first kappa shape index (κ1) is 18.1. The van der Waals surface area contributed by atoms with E-state index in [9.17, 15) is 9.59 Å². The molecule has 0 fully saturated rings. The quantitative estimate of drug-likeness (QED) is 0.731. The number of hydrazone groups is 1. The van der Waals surface area contributed by atoms with Crippen LogP contribution in [0.5, 0.6) is 0 Å². The number of amides is 2. The minimum Gasteiger partial charge on any atom is -0.297 e. The Kier molecular flexibility index (Phi) is 4.99. The molecule has 0 saturated carbocycles. The number of anilines is 1. The van der Waals surface area contributed by atoms with Gasteiger partial charge in [0.1, 0.15) is 5.71 Å². The van der Waals surface area contributed by atoms with Gasteiger partial charge in [-0.05, 0) is 11.1 Å². The lowest BCUT2D eigenvalue weighted by Gasteiger charge is -2.18. The highest BCUT2D eigenvalue weighted by Crippen LogP contribution is 2.27. The molecule has 0 aliphatic carbocycles. The summed E-state index contributed by atoms with van der Waals surface area (Å²) in [6, 6.07) is 18.3. The van der Waals surface area contributed by atoms with Crippen molar-refractivity contribution in [2.24, 2.45) is 5.10 Å². The van der Waals surface area contributed by atoms with Crippen molar-refractivity contribution in [1.29, 1.82) is 0 Å². The fraction of sp³-hybridized carbons (Fsp3) is 0.143. The van der Waals surface area contributed by atoms with E-state index < -0.39 is 0 Å². The summed E-state index contributed by atoms with van der Waals surface area (Å²) < 4.78 is 0. The van der Waals surface area contributed by atoms with Gasteiger partial charge in [0.2, 0.25) is 5.91 Å². The zero-order valence-corrected chi connectivity index (χ0v) is 16.1. The van der Waals surface area contributed by atoms with Crippen LogP contribution in [-0.4, -0.2) is 34.6 Å². The maximum absolute atomic E-state index is 12.4. The third-order valence-corrected chi connectivity index (χ3v) is 5.24. The molecule has 6 nitrogen and oxygen atoms in total. The molecule has 0 unspecified atom stereocenters. The Hall–Kier alpha value is -3.32. The average Bonchev–Trinajstić information content (AvgIpc) is 3.19. The van der Waals surface area contributed by atoms with E-state index in [0.717, 1.165) is 22.4 Å². The maximum Gasteiger partial charge on any atom is 0.273 e. The number of benzene rings is 2. The number of hydrogen-bond donors (Lipinski definition) is 1. The van der Waals surface area contributed by atoms with E-state index in [1.807, 2.05) is 35.7 Å². The highest BCUT2D eigenvalue weighted by atomic mass is 32.1. The third-order valence-electron chi connectivity index (χ3n) is 4.48. The summed E-state index contributed by atoms with van der Waals surface area (Å²) in [5.41, 5.74) is 4.43. The molecule has 1 N–H and O–H groups in total. The lowest BCUT2D eigenvalue weighted by atomic mass is 10.0. The molecule has 1 aliphatic heterocycles. The van der Waals surface area contributed by atoms with Gasteiger partial charge < -0.3 is 0 Å². The summed E-state index contributed by atoms with van der Waals surface area (Å²) in [6.07, 6.45) is 0.633. The van der Waals surface area contributed by atoms with Crippen LogP contribution in [0.2, 0.25) is 0 Å². The number of nitrogens with zero attached hydrogens (tertiary/aromatic N) is 3. The van der Waals surface area contributed by atoms with Gasteiger partial charge in [-0.15, -0.1) is 11.3 Å². The lowest BCUT2D eigenvalue weighted by Crippen LogP contribution is -2.34. The Balaban J connectivity index is 1.46. The fourth-order valence-corrected chi connectivity index (χ4v) is 3.64. The first-order valence-corrected chi connectivity index (χ1v) is 9.75. The summed E-state index contributed by atoms with van der Waals surface area (Å²) >= 11 is 1.36. The molecule has 0 radical (unpaired) electrons. The van der Waals surface area contributed by atoms with E-state index in [1.54, 1.807) is 7.05 Å². The van der Waals surface area contributed by atoms with Crippen LogP contribution in [0, 0.1) is 0 Å². The molecule has 0 bridgehead atoms. The van der Waals surface area contributed by atoms with Crippen molar-refractivity contribution < 1.29 is 9.59 Å². The predicted molar refractivity (Wildman–Crippen MR) is 111 cm³/mol. The fourth-order valence-electron chi connectivity index (χ4n) is 2.93. The standard InChI is InChI=1S/C21H18N4O2S/c1-25-19(26)12-11-17(24-25)20(27)23-21-22-18(13-28-21)16-9-7-15(8-10-16)14-5-3-2-4-6-14/h2-10,13H,11-12H2,1H3,(H,22,23,27). The zero-order valence-electron chi connectivity index (χ0n) is 15.3. The van der Waals surface area contributed by atoms with Crippen LogP contribution in [0.4, 0.5) is 5.13 Å². The largest absolute Gasteiger partial charge is 0.297 e. The molecule has 1 aromatic heterocycles. The van der Waals surface area contributed by atoms with E-state index in [-0.39, 0.29) is 11.8 Å². The Morgan fingerprint density at radius 1 is 1.00 bits per heavy atom. The normalized spacial score (nSPS) is 14.0. The third kappa shape index (κ3) is 3.84. The maximum atomic E-state index is 12.4. The van der Waals surface area contributed by atoms with Crippen molar-refractivity contribution in [1.82, 2.24) is 9.99 Å². The summed E-state index contributed by atoms with van der Waals surface area (Å²) in [5.74, 6) is -0.410. The molecule has 7 heteroatoms. The summed E-state index contributed by atoms with van der Waals surface area (Å²) in [6.45, 7) is 0. The monoisotopic (exact) mass is 390 g/mol. The minimum absolute atomic E-state index is 0.0907. The average molecular weight is 390 g/mol. The van der Waals surface area contributed by atoms with Gasteiger partial charge in [-0.1, -0.05) is 54.6 Å². The van der Waals surface area contributed by atoms with E-state index >= 15 is 0 Å². The second-order valence-corrected chi connectivity index (χ2v) is 7.26. The highest BCUT2D eigenvalue weighted by molar-refractivity contribution is 7.14. The number of nitrogens with one attached hydrogen (secondary N) is 1. The molecule has 1 aliphatic rings. The van der Waals surface area contributed by atoms with Crippen LogP contribution in [0.1, 0.15) is 12.8 Å². The Morgan fingerprint density at radius 2 is 1.68 bits per heavy atom. The van der Waals surface area contributed by atoms with Crippen molar-refractivity contribution in [3.8, 4) is 22.4 Å². The smallest absolute Gasteiger partial charge is 0.273 e. The van der Waals surface area contributed by atoms with Crippen LogP contribution in [0.25, 0.3) is 22.4 Å². The van der Waals surface area contributed by atoms with Crippen LogP contribution < -0.4 is 5.32 Å². The Labute approximate surface area is 166 Å². The number of hydrogen-bond acceptors (Lipinski definition) is 5. The molecule has 140 valence electrons. The molecule has 28 heavy (non-hydrogen) atoms. The first-order chi connectivity index (χ1) is 13.6. The van der Waals surface area contributed by atoms with Crippen LogP contribution in [-0.2, 0) is 9.59 Å². The van der Waals surface area contributed by atoms with Gasteiger partial charge in [0, 0.05) is 30.8 Å². The second-order valence-electron chi connectivity index (χ2n) is 6.40. The molecular weight excluding hydrogens is 372 g/mol. The molecule has 2 heterocycles. The molecule has 2 aromatic carbocycles. The van der Waals surface area contributed by atoms with E-state index in [4.69, 9.17) is 0 Å². The number of thiazole rings is 1. The molecule has 4 rings (SSSR count). The SMILES string of the molecule is CN1N=C(C(=O)Nc2nc(-c3ccc(-c4ccccc4)cc3)cs2)CCC1=O. The highest BCUT2D eigenvalue weighted by Gasteiger charge is 2.22. The molecule has 0 saturated heterocycles. The Morgan fingerprint density at radius 3 is 2.39 bits per heavy atom.